The van der Waals surface area contributed by atoms with E-state index in [1.54, 1.807) is 0 Å². The Morgan fingerprint density at radius 1 is 1.19 bits per heavy atom. The Morgan fingerprint density at radius 2 is 2.06 bits per heavy atom. The van der Waals surface area contributed by atoms with E-state index < -0.39 is 0 Å². The second kappa shape index (κ2) is 6.02. The maximum Gasteiger partial charge on any atom is 0.0224 e. The molecule has 0 saturated carbocycles. The van der Waals surface area contributed by atoms with Crippen LogP contribution in [0.4, 0.5) is 0 Å². The topological polar surface area (TPSA) is 15.3 Å². The molecule has 3 atom stereocenters. The number of likely N-dealkylation sites (tertiary alicyclic amines) is 1. The van der Waals surface area contributed by atoms with Crippen LogP contribution < -0.4 is 5.32 Å². The van der Waals surface area contributed by atoms with Crippen molar-refractivity contribution in [1.29, 1.82) is 0 Å². The molecule has 2 aliphatic rings. The fraction of sp³-hybridized carbons (Fsp3) is 1.00. The Kier molecular flexibility index (Phi) is 4.66. The Morgan fingerprint density at radius 3 is 2.75 bits per heavy atom. The van der Waals surface area contributed by atoms with E-state index in [9.17, 15) is 0 Å². The minimum absolute atomic E-state index is 0.741. The SMILES string of the molecule is CCCC1CCCCN1C1CCC(C)NC1. The number of nitrogens with one attached hydrogen (secondary N) is 1. The Balaban J connectivity index is 1.89. The number of hydrogen-bond donors (Lipinski definition) is 1. The summed E-state index contributed by atoms with van der Waals surface area (Å²) in [5.41, 5.74) is 0. The van der Waals surface area contributed by atoms with Crippen LogP contribution >= 0.6 is 0 Å². The summed E-state index contributed by atoms with van der Waals surface area (Å²) in [7, 11) is 0. The molecule has 0 aromatic rings. The lowest BCUT2D eigenvalue weighted by atomic mass is 9.92. The van der Waals surface area contributed by atoms with E-state index >= 15 is 0 Å². The van der Waals surface area contributed by atoms with E-state index in [0.717, 1.165) is 18.1 Å². The fourth-order valence-electron chi connectivity index (χ4n) is 3.41. The van der Waals surface area contributed by atoms with Gasteiger partial charge in [0.1, 0.15) is 0 Å². The average molecular weight is 224 g/mol. The molecule has 0 aromatic carbocycles. The van der Waals surface area contributed by atoms with Crippen LogP contribution in [0.3, 0.4) is 0 Å². The summed E-state index contributed by atoms with van der Waals surface area (Å²) in [6.07, 6.45) is 9.85. The normalized spacial score (nSPS) is 37.5. The quantitative estimate of drug-likeness (QED) is 0.793. The summed E-state index contributed by atoms with van der Waals surface area (Å²) < 4.78 is 0. The van der Waals surface area contributed by atoms with Crippen molar-refractivity contribution < 1.29 is 0 Å². The molecule has 16 heavy (non-hydrogen) atoms. The molecule has 2 aliphatic heterocycles. The third kappa shape index (κ3) is 2.98. The van der Waals surface area contributed by atoms with E-state index in [1.165, 1.54) is 58.0 Å². The molecular weight excluding hydrogens is 196 g/mol. The first-order valence-electron chi connectivity index (χ1n) is 7.30. The summed E-state index contributed by atoms with van der Waals surface area (Å²) in [6, 6.07) is 2.46. The smallest absolute Gasteiger partial charge is 0.0224 e. The van der Waals surface area contributed by atoms with Crippen molar-refractivity contribution in [2.75, 3.05) is 13.1 Å². The molecule has 2 rings (SSSR count). The summed E-state index contributed by atoms with van der Waals surface area (Å²) in [4.78, 5) is 2.83. The van der Waals surface area contributed by atoms with Gasteiger partial charge in [-0.3, -0.25) is 4.90 Å². The molecular formula is C14H28N2. The van der Waals surface area contributed by atoms with Crippen LogP contribution in [0.15, 0.2) is 0 Å². The van der Waals surface area contributed by atoms with Crippen molar-refractivity contribution in [3.8, 4) is 0 Å². The highest BCUT2D eigenvalue weighted by Crippen LogP contribution is 2.26. The van der Waals surface area contributed by atoms with Crippen molar-refractivity contribution in [3.63, 3.8) is 0 Å². The van der Waals surface area contributed by atoms with Crippen LogP contribution in [0.5, 0.6) is 0 Å². The highest BCUT2D eigenvalue weighted by Gasteiger charge is 2.30. The average Bonchev–Trinajstić information content (AvgIpc) is 2.32. The molecule has 0 radical (unpaired) electrons. The Bertz CT molecular complexity index is 195. The maximum atomic E-state index is 3.65. The van der Waals surface area contributed by atoms with E-state index in [0.29, 0.717) is 0 Å². The van der Waals surface area contributed by atoms with Crippen LogP contribution in [-0.2, 0) is 0 Å². The zero-order chi connectivity index (χ0) is 11.4. The largest absolute Gasteiger partial charge is 0.313 e. The molecule has 94 valence electrons. The van der Waals surface area contributed by atoms with E-state index in [4.69, 9.17) is 0 Å². The van der Waals surface area contributed by atoms with Gasteiger partial charge in [0.25, 0.3) is 0 Å². The highest BCUT2D eigenvalue weighted by atomic mass is 15.2. The van der Waals surface area contributed by atoms with Crippen LogP contribution in [0.25, 0.3) is 0 Å². The molecule has 2 heterocycles. The van der Waals surface area contributed by atoms with Gasteiger partial charge in [-0.25, -0.2) is 0 Å². The van der Waals surface area contributed by atoms with Gasteiger partial charge in [-0.05, 0) is 45.6 Å². The lowest BCUT2D eigenvalue weighted by molar-refractivity contribution is 0.0685. The van der Waals surface area contributed by atoms with Gasteiger partial charge in [-0.1, -0.05) is 19.8 Å². The first kappa shape index (κ1) is 12.4. The van der Waals surface area contributed by atoms with Gasteiger partial charge < -0.3 is 5.32 Å². The number of piperidine rings is 2. The molecule has 1 N–H and O–H groups in total. The maximum absolute atomic E-state index is 3.65. The highest BCUT2D eigenvalue weighted by molar-refractivity contribution is 4.87. The molecule has 2 nitrogen and oxygen atoms in total. The van der Waals surface area contributed by atoms with Gasteiger partial charge in [0, 0.05) is 24.7 Å². The molecule has 2 heteroatoms. The fourth-order valence-corrected chi connectivity index (χ4v) is 3.41. The summed E-state index contributed by atoms with van der Waals surface area (Å²) in [6.45, 7) is 7.22. The van der Waals surface area contributed by atoms with Gasteiger partial charge in [0.05, 0.1) is 0 Å². The molecule has 0 spiro atoms. The molecule has 3 unspecified atom stereocenters. The molecule has 0 aliphatic carbocycles. The lowest BCUT2D eigenvalue weighted by Gasteiger charge is -2.44. The predicted octanol–water partition coefficient (Wildman–Crippen LogP) is 2.78. The van der Waals surface area contributed by atoms with Crippen LogP contribution in [0.2, 0.25) is 0 Å². The van der Waals surface area contributed by atoms with E-state index in [1.807, 2.05) is 0 Å². The molecule has 2 fully saturated rings. The minimum atomic E-state index is 0.741. The number of hydrogen-bond acceptors (Lipinski definition) is 2. The minimum Gasteiger partial charge on any atom is -0.313 e. The monoisotopic (exact) mass is 224 g/mol. The molecule has 0 aromatic heterocycles. The van der Waals surface area contributed by atoms with Gasteiger partial charge in [-0.15, -0.1) is 0 Å². The second-order valence-electron chi connectivity index (χ2n) is 5.72. The first-order valence-corrected chi connectivity index (χ1v) is 7.30. The third-order valence-corrected chi connectivity index (χ3v) is 4.40. The van der Waals surface area contributed by atoms with Crippen LogP contribution in [0.1, 0.15) is 58.8 Å². The Hall–Kier alpha value is -0.0800. The van der Waals surface area contributed by atoms with Gasteiger partial charge in [0.15, 0.2) is 0 Å². The standard InChI is InChI=1S/C14H28N2/c1-3-6-13-7-4-5-10-16(13)14-9-8-12(2)15-11-14/h12-15H,3-11H2,1-2H3. The summed E-state index contributed by atoms with van der Waals surface area (Å²) in [5.74, 6) is 0. The second-order valence-corrected chi connectivity index (χ2v) is 5.72. The zero-order valence-corrected chi connectivity index (χ0v) is 11.0. The van der Waals surface area contributed by atoms with E-state index in [-0.39, 0.29) is 0 Å². The molecule has 2 saturated heterocycles. The van der Waals surface area contributed by atoms with Crippen molar-refractivity contribution >= 4 is 0 Å². The van der Waals surface area contributed by atoms with Gasteiger partial charge in [-0.2, -0.15) is 0 Å². The van der Waals surface area contributed by atoms with Crippen LogP contribution in [-0.4, -0.2) is 36.1 Å². The number of rotatable bonds is 3. The molecule has 0 bridgehead atoms. The Labute approximate surface area is 101 Å². The first-order chi connectivity index (χ1) is 7.81. The van der Waals surface area contributed by atoms with Crippen LogP contribution in [0, 0.1) is 0 Å². The summed E-state index contributed by atoms with van der Waals surface area (Å²) in [5, 5.41) is 3.65. The predicted molar refractivity (Wildman–Crippen MR) is 69.7 cm³/mol. The number of nitrogens with zero attached hydrogens (tertiary/aromatic N) is 1. The zero-order valence-electron chi connectivity index (χ0n) is 11.0. The van der Waals surface area contributed by atoms with Crippen molar-refractivity contribution in [2.24, 2.45) is 0 Å². The third-order valence-electron chi connectivity index (χ3n) is 4.40. The van der Waals surface area contributed by atoms with Crippen molar-refractivity contribution in [3.05, 3.63) is 0 Å². The van der Waals surface area contributed by atoms with E-state index in [2.05, 4.69) is 24.1 Å². The van der Waals surface area contributed by atoms with Gasteiger partial charge >= 0.3 is 0 Å². The summed E-state index contributed by atoms with van der Waals surface area (Å²) >= 11 is 0. The van der Waals surface area contributed by atoms with Crippen molar-refractivity contribution in [2.45, 2.75) is 76.9 Å². The van der Waals surface area contributed by atoms with Crippen molar-refractivity contribution in [1.82, 2.24) is 10.2 Å². The van der Waals surface area contributed by atoms with Gasteiger partial charge in [0.2, 0.25) is 0 Å². The molecule has 0 amide bonds. The lowest BCUT2D eigenvalue weighted by Crippen LogP contribution is -2.53.